The van der Waals surface area contributed by atoms with Crippen LogP contribution < -0.4 is 5.73 Å². The van der Waals surface area contributed by atoms with Gasteiger partial charge in [0, 0.05) is 32.1 Å². The minimum absolute atomic E-state index is 0.104. The summed E-state index contributed by atoms with van der Waals surface area (Å²) < 4.78 is 13.7. The summed E-state index contributed by atoms with van der Waals surface area (Å²) in [5.74, 6) is -0.596. The maximum absolute atomic E-state index is 13.7. The zero-order valence-corrected chi connectivity index (χ0v) is 14.2. The van der Waals surface area contributed by atoms with E-state index in [9.17, 15) is 14.0 Å². The lowest BCUT2D eigenvalue weighted by Crippen LogP contribution is -2.40. The highest BCUT2D eigenvalue weighted by Crippen LogP contribution is 2.16. The van der Waals surface area contributed by atoms with Crippen LogP contribution in [0.3, 0.4) is 0 Å². The Morgan fingerprint density at radius 1 is 1.21 bits per heavy atom. The van der Waals surface area contributed by atoms with Gasteiger partial charge in [0.25, 0.3) is 0 Å². The van der Waals surface area contributed by atoms with Gasteiger partial charge in [-0.1, -0.05) is 25.1 Å². The van der Waals surface area contributed by atoms with Crippen LogP contribution in [0.2, 0.25) is 0 Å². The maximum Gasteiger partial charge on any atom is 0.231 e. The summed E-state index contributed by atoms with van der Waals surface area (Å²) in [5.41, 5.74) is 5.89. The second kappa shape index (κ2) is 8.78. The van der Waals surface area contributed by atoms with Crippen LogP contribution in [0.5, 0.6) is 0 Å². The maximum atomic E-state index is 13.7. The van der Waals surface area contributed by atoms with Crippen molar-refractivity contribution in [3.63, 3.8) is 0 Å². The summed E-state index contributed by atoms with van der Waals surface area (Å²) >= 11 is 0. The average Bonchev–Trinajstić information content (AvgIpc) is 2.78. The van der Waals surface area contributed by atoms with Gasteiger partial charge < -0.3 is 10.6 Å². The Kier molecular flexibility index (Phi) is 6.73. The second-order valence-corrected chi connectivity index (χ2v) is 6.45. The topological polar surface area (TPSA) is 66.6 Å². The van der Waals surface area contributed by atoms with Gasteiger partial charge in [0.2, 0.25) is 11.8 Å². The monoisotopic (exact) mass is 335 g/mol. The third-order valence-corrected chi connectivity index (χ3v) is 4.51. The Labute approximate surface area is 142 Å². The van der Waals surface area contributed by atoms with Gasteiger partial charge in [0.05, 0.1) is 6.54 Å². The Morgan fingerprint density at radius 3 is 2.67 bits per heavy atom. The molecule has 1 saturated heterocycles. The number of nitrogens with zero attached hydrogens (tertiary/aromatic N) is 2. The second-order valence-electron chi connectivity index (χ2n) is 6.45. The number of aryl methyl sites for hydroxylation is 1. The van der Waals surface area contributed by atoms with Crippen molar-refractivity contribution in [3.8, 4) is 0 Å². The largest absolute Gasteiger partial charge is 0.369 e. The van der Waals surface area contributed by atoms with Gasteiger partial charge in [-0.25, -0.2) is 4.39 Å². The number of primary amides is 1. The highest BCUT2D eigenvalue weighted by Gasteiger charge is 2.23. The molecule has 0 aliphatic carbocycles. The molecule has 0 unspecified atom stereocenters. The first-order valence-electron chi connectivity index (χ1n) is 8.50. The molecule has 1 aromatic carbocycles. The minimum Gasteiger partial charge on any atom is -0.369 e. The van der Waals surface area contributed by atoms with Crippen molar-refractivity contribution in [3.05, 3.63) is 35.6 Å². The van der Waals surface area contributed by atoms with E-state index in [-0.39, 0.29) is 30.1 Å². The van der Waals surface area contributed by atoms with Gasteiger partial charge in [-0.3, -0.25) is 14.5 Å². The number of halogens is 1. The summed E-state index contributed by atoms with van der Waals surface area (Å²) in [4.78, 5) is 27.5. The van der Waals surface area contributed by atoms with Crippen LogP contribution in [0.25, 0.3) is 0 Å². The summed E-state index contributed by atoms with van der Waals surface area (Å²) in [6.45, 7) is 4.87. The van der Waals surface area contributed by atoms with Crippen LogP contribution in [-0.2, 0) is 16.0 Å². The van der Waals surface area contributed by atoms with E-state index in [1.807, 2.05) is 22.8 Å². The van der Waals surface area contributed by atoms with E-state index in [1.54, 1.807) is 12.1 Å². The molecule has 6 heteroatoms. The molecule has 0 bridgehead atoms. The molecule has 0 saturated carbocycles. The van der Waals surface area contributed by atoms with E-state index in [4.69, 9.17) is 5.73 Å². The van der Waals surface area contributed by atoms with Crippen LogP contribution in [0.15, 0.2) is 24.3 Å². The van der Waals surface area contributed by atoms with E-state index in [2.05, 4.69) is 0 Å². The van der Waals surface area contributed by atoms with Crippen LogP contribution >= 0.6 is 0 Å². The molecule has 0 aromatic heterocycles. The predicted molar refractivity (Wildman–Crippen MR) is 90.7 cm³/mol. The Balaban J connectivity index is 1.84. The van der Waals surface area contributed by atoms with E-state index < -0.39 is 0 Å². The molecular weight excluding hydrogens is 309 g/mol. The molecule has 1 heterocycles. The fourth-order valence-corrected chi connectivity index (χ4v) is 3.08. The fourth-order valence-electron chi connectivity index (χ4n) is 3.08. The number of carbonyl (C=O) groups is 2. The van der Waals surface area contributed by atoms with Crippen molar-refractivity contribution in [1.82, 2.24) is 9.80 Å². The molecule has 2 rings (SSSR count). The van der Waals surface area contributed by atoms with Crippen molar-refractivity contribution < 1.29 is 14.0 Å². The van der Waals surface area contributed by atoms with E-state index in [0.29, 0.717) is 38.0 Å². The lowest BCUT2D eigenvalue weighted by Gasteiger charge is -2.24. The molecule has 2 N–H and O–H groups in total. The third-order valence-electron chi connectivity index (χ3n) is 4.51. The lowest BCUT2D eigenvalue weighted by molar-refractivity contribution is -0.135. The Hall–Kier alpha value is -1.95. The molecule has 1 fully saturated rings. The first-order valence-corrected chi connectivity index (χ1v) is 8.50. The van der Waals surface area contributed by atoms with Crippen LogP contribution in [0.4, 0.5) is 4.39 Å². The van der Waals surface area contributed by atoms with Gasteiger partial charge in [-0.05, 0) is 30.9 Å². The molecule has 24 heavy (non-hydrogen) atoms. The van der Waals surface area contributed by atoms with Crippen molar-refractivity contribution in [1.29, 1.82) is 0 Å². The van der Waals surface area contributed by atoms with E-state index >= 15 is 0 Å². The van der Waals surface area contributed by atoms with Crippen molar-refractivity contribution in [2.24, 2.45) is 11.7 Å². The number of hydrogen-bond acceptors (Lipinski definition) is 3. The zero-order valence-electron chi connectivity index (χ0n) is 14.2. The van der Waals surface area contributed by atoms with Crippen LogP contribution in [0.1, 0.15) is 25.3 Å². The van der Waals surface area contributed by atoms with Crippen molar-refractivity contribution >= 4 is 11.8 Å². The van der Waals surface area contributed by atoms with Gasteiger partial charge >= 0.3 is 0 Å². The lowest BCUT2D eigenvalue weighted by atomic mass is 9.99. The first-order chi connectivity index (χ1) is 11.5. The van der Waals surface area contributed by atoms with Crippen LogP contribution in [-0.4, -0.2) is 54.3 Å². The summed E-state index contributed by atoms with van der Waals surface area (Å²) in [5, 5.41) is 0. The molecule has 0 radical (unpaired) electrons. The van der Waals surface area contributed by atoms with Crippen LogP contribution in [0, 0.1) is 11.7 Å². The standard InChI is InChI=1S/C18H26FN3O2/c1-14(7-8-15-5-2-3-6-16(15)19)18(24)22-10-4-9-21(11-12-22)13-17(20)23/h2-3,5-6,14H,4,7-13H2,1H3,(H2,20,23)/t14-/m1/s1. The van der Waals surface area contributed by atoms with Gasteiger partial charge in [0.1, 0.15) is 5.82 Å². The third kappa shape index (κ3) is 5.30. The molecule has 1 aromatic rings. The SMILES string of the molecule is C[C@H](CCc1ccccc1F)C(=O)N1CCCN(CC(N)=O)CC1. The highest BCUT2D eigenvalue weighted by molar-refractivity contribution is 5.78. The number of amides is 2. The summed E-state index contributed by atoms with van der Waals surface area (Å²) in [7, 11) is 0. The number of nitrogens with two attached hydrogens (primary N) is 1. The van der Waals surface area contributed by atoms with Crippen molar-refractivity contribution in [2.75, 3.05) is 32.7 Å². The molecule has 1 atom stereocenters. The predicted octanol–water partition coefficient (Wildman–Crippen LogP) is 1.41. The van der Waals surface area contributed by atoms with Gasteiger partial charge in [-0.2, -0.15) is 0 Å². The zero-order chi connectivity index (χ0) is 17.5. The van der Waals surface area contributed by atoms with E-state index in [1.165, 1.54) is 6.07 Å². The molecular formula is C18H26FN3O2. The highest BCUT2D eigenvalue weighted by atomic mass is 19.1. The Bertz CT molecular complexity index is 579. The molecule has 1 aliphatic rings. The Morgan fingerprint density at radius 2 is 1.96 bits per heavy atom. The number of carbonyl (C=O) groups excluding carboxylic acids is 2. The smallest absolute Gasteiger partial charge is 0.231 e. The van der Waals surface area contributed by atoms with Gasteiger partial charge in [0.15, 0.2) is 0 Å². The fraction of sp³-hybridized carbons (Fsp3) is 0.556. The normalized spacial score (nSPS) is 17.3. The first kappa shape index (κ1) is 18.4. The minimum atomic E-state index is -0.340. The number of benzene rings is 1. The number of hydrogen-bond donors (Lipinski definition) is 1. The quantitative estimate of drug-likeness (QED) is 0.855. The molecule has 1 aliphatic heterocycles. The molecule has 5 nitrogen and oxygen atoms in total. The van der Waals surface area contributed by atoms with Gasteiger partial charge in [-0.15, -0.1) is 0 Å². The molecule has 132 valence electrons. The summed E-state index contributed by atoms with van der Waals surface area (Å²) in [6.07, 6.45) is 2.02. The summed E-state index contributed by atoms with van der Waals surface area (Å²) in [6, 6.07) is 6.69. The van der Waals surface area contributed by atoms with Crippen molar-refractivity contribution in [2.45, 2.75) is 26.2 Å². The van der Waals surface area contributed by atoms with E-state index in [0.717, 1.165) is 13.0 Å². The average molecular weight is 335 g/mol. The molecule has 0 spiro atoms. The molecule has 2 amide bonds. The number of rotatable bonds is 6.